The number of primary amides is 1. The van der Waals surface area contributed by atoms with Crippen LogP contribution in [0.4, 0.5) is 4.79 Å². The molecule has 156 valence electrons. The van der Waals surface area contributed by atoms with Gasteiger partial charge < -0.3 is 10.5 Å². The molecule has 3 aromatic carbocycles. The average molecular weight is 453 g/mol. The zero-order chi connectivity index (χ0) is 22.0. The smallest absolute Gasteiger partial charge is 0.293 e. The summed E-state index contributed by atoms with van der Waals surface area (Å²) in [5.74, 6) is -0.691. The highest BCUT2D eigenvalue weighted by Gasteiger charge is 2.35. The van der Waals surface area contributed by atoms with E-state index < -0.39 is 11.8 Å². The van der Waals surface area contributed by atoms with Crippen molar-refractivity contribution in [3.63, 3.8) is 0 Å². The number of amides is 3. The summed E-state index contributed by atoms with van der Waals surface area (Å²) in [6.45, 7) is -0.144. The highest BCUT2D eigenvalue weighted by Crippen LogP contribution is 2.36. The van der Waals surface area contributed by atoms with E-state index >= 15 is 0 Å². The summed E-state index contributed by atoms with van der Waals surface area (Å²) in [4.78, 5) is 38.1. The minimum Gasteiger partial charge on any atom is -0.483 e. The second-order valence-electron chi connectivity index (χ2n) is 6.84. The average Bonchev–Trinajstić information content (AvgIpc) is 3.00. The predicted octanol–water partition coefficient (Wildman–Crippen LogP) is 4.59. The lowest BCUT2D eigenvalue weighted by molar-refractivity contribution is -0.123. The first-order valence-corrected chi connectivity index (χ1v) is 10.5. The van der Waals surface area contributed by atoms with E-state index in [9.17, 15) is 14.4 Å². The maximum atomic E-state index is 13.0. The number of thioether (sulfide) groups is 1. The fourth-order valence-electron chi connectivity index (χ4n) is 3.29. The van der Waals surface area contributed by atoms with Crippen LogP contribution in [-0.4, -0.2) is 28.6 Å². The molecule has 0 atom stereocenters. The largest absolute Gasteiger partial charge is 0.483 e. The highest BCUT2D eigenvalue weighted by atomic mass is 35.5. The molecule has 0 unspecified atom stereocenters. The van der Waals surface area contributed by atoms with Crippen LogP contribution in [0.5, 0.6) is 5.75 Å². The minimum atomic E-state index is -0.628. The number of hydrogen-bond donors (Lipinski definition) is 1. The van der Waals surface area contributed by atoms with Gasteiger partial charge in [0.1, 0.15) is 5.75 Å². The molecule has 3 aromatic rings. The molecular weight excluding hydrogens is 436 g/mol. The van der Waals surface area contributed by atoms with Crippen LogP contribution in [0.15, 0.2) is 65.6 Å². The molecule has 0 saturated carbocycles. The van der Waals surface area contributed by atoms with Gasteiger partial charge in [-0.2, -0.15) is 0 Å². The number of hydrogen-bond acceptors (Lipinski definition) is 5. The maximum Gasteiger partial charge on any atom is 0.293 e. The molecule has 4 rings (SSSR count). The number of carbonyl (C=O) groups excluding carboxylic acids is 3. The Bertz CT molecular complexity index is 1240. The fraction of sp³-hybridized carbons (Fsp3) is 0.0870. The van der Waals surface area contributed by atoms with Gasteiger partial charge in [0.15, 0.2) is 6.61 Å². The summed E-state index contributed by atoms with van der Waals surface area (Å²) >= 11 is 6.92. The predicted molar refractivity (Wildman–Crippen MR) is 122 cm³/mol. The van der Waals surface area contributed by atoms with E-state index in [-0.39, 0.29) is 23.3 Å². The van der Waals surface area contributed by atoms with Gasteiger partial charge in [0.25, 0.3) is 17.1 Å². The second-order valence-corrected chi connectivity index (χ2v) is 8.27. The van der Waals surface area contributed by atoms with E-state index in [1.165, 1.54) is 11.0 Å². The quantitative estimate of drug-likeness (QED) is 0.552. The molecular formula is C23H17ClN2O4S. The molecule has 31 heavy (non-hydrogen) atoms. The molecule has 0 bridgehead atoms. The number of fused-ring (bicyclic) bond motifs is 1. The Morgan fingerprint density at radius 3 is 2.68 bits per heavy atom. The van der Waals surface area contributed by atoms with Crippen molar-refractivity contribution in [2.24, 2.45) is 5.73 Å². The van der Waals surface area contributed by atoms with Crippen LogP contribution in [0, 0.1) is 0 Å². The SMILES string of the molecule is NC(=O)COc1ccc(Cl)cc1/C=C1\SC(=O)N(Cc2cccc3ccccc23)C1=O. The third kappa shape index (κ3) is 4.57. The van der Waals surface area contributed by atoms with E-state index in [1.807, 2.05) is 42.5 Å². The second kappa shape index (κ2) is 8.83. The summed E-state index contributed by atoms with van der Waals surface area (Å²) in [5, 5.41) is 2.10. The topological polar surface area (TPSA) is 89.7 Å². The normalized spacial score (nSPS) is 15.1. The highest BCUT2D eigenvalue weighted by molar-refractivity contribution is 8.18. The van der Waals surface area contributed by atoms with Gasteiger partial charge in [0.05, 0.1) is 11.4 Å². The van der Waals surface area contributed by atoms with Gasteiger partial charge in [0, 0.05) is 10.6 Å². The zero-order valence-corrected chi connectivity index (χ0v) is 17.8. The van der Waals surface area contributed by atoms with Crippen molar-refractivity contribution in [2.75, 3.05) is 6.61 Å². The van der Waals surface area contributed by atoms with Crippen molar-refractivity contribution in [3.05, 3.63) is 81.7 Å². The van der Waals surface area contributed by atoms with E-state index in [0.29, 0.717) is 16.3 Å². The summed E-state index contributed by atoms with van der Waals surface area (Å²) in [6, 6.07) is 18.4. The van der Waals surface area contributed by atoms with Gasteiger partial charge in [-0.1, -0.05) is 54.1 Å². The Morgan fingerprint density at radius 2 is 1.87 bits per heavy atom. The Labute approximate surface area is 187 Å². The fourth-order valence-corrected chi connectivity index (χ4v) is 4.30. The lowest BCUT2D eigenvalue weighted by Gasteiger charge is -2.14. The number of carbonyl (C=O) groups is 3. The zero-order valence-electron chi connectivity index (χ0n) is 16.2. The van der Waals surface area contributed by atoms with Gasteiger partial charge in [0.2, 0.25) is 0 Å². The molecule has 1 fully saturated rings. The third-order valence-electron chi connectivity index (χ3n) is 4.71. The minimum absolute atomic E-state index is 0.171. The van der Waals surface area contributed by atoms with Crippen molar-refractivity contribution in [1.29, 1.82) is 0 Å². The molecule has 1 heterocycles. The Morgan fingerprint density at radius 1 is 1.10 bits per heavy atom. The molecule has 8 heteroatoms. The van der Waals surface area contributed by atoms with Gasteiger partial charge in [-0.3, -0.25) is 19.3 Å². The number of nitrogens with zero attached hydrogens (tertiary/aromatic N) is 1. The van der Waals surface area contributed by atoms with Crippen molar-refractivity contribution in [3.8, 4) is 5.75 Å². The molecule has 1 saturated heterocycles. The van der Waals surface area contributed by atoms with Crippen molar-refractivity contribution < 1.29 is 19.1 Å². The summed E-state index contributed by atoms with van der Waals surface area (Å²) in [5.41, 5.74) is 6.50. The van der Waals surface area contributed by atoms with Gasteiger partial charge >= 0.3 is 0 Å². The van der Waals surface area contributed by atoms with Crippen LogP contribution in [0.2, 0.25) is 5.02 Å². The molecule has 0 spiro atoms. The van der Waals surface area contributed by atoms with Crippen LogP contribution < -0.4 is 10.5 Å². The summed E-state index contributed by atoms with van der Waals surface area (Å²) < 4.78 is 5.40. The van der Waals surface area contributed by atoms with Crippen LogP contribution in [0.1, 0.15) is 11.1 Å². The van der Waals surface area contributed by atoms with E-state index in [2.05, 4.69) is 0 Å². The van der Waals surface area contributed by atoms with Crippen LogP contribution in [0.25, 0.3) is 16.8 Å². The molecule has 3 amide bonds. The van der Waals surface area contributed by atoms with Crippen LogP contribution in [-0.2, 0) is 16.1 Å². The molecule has 6 nitrogen and oxygen atoms in total. The summed E-state index contributed by atoms with van der Waals surface area (Å²) in [7, 11) is 0. The maximum absolute atomic E-state index is 13.0. The number of nitrogens with two attached hydrogens (primary N) is 1. The summed E-state index contributed by atoms with van der Waals surface area (Å²) in [6.07, 6.45) is 1.54. The van der Waals surface area contributed by atoms with E-state index in [1.54, 1.807) is 18.2 Å². The van der Waals surface area contributed by atoms with Gasteiger partial charge in [-0.15, -0.1) is 0 Å². The van der Waals surface area contributed by atoms with E-state index in [4.69, 9.17) is 22.1 Å². The van der Waals surface area contributed by atoms with Crippen molar-refractivity contribution in [2.45, 2.75) is 6.54 Å². The van der Waals surface area contributed by atoms with Crippen LogP contribution in [0.3, 0.4) is 0 Å². The third-order valence-corrected chi connectivity index (χ3v) is 5.85. The van der Waals surface area contributed by atoms with Gasteiger partial charge in [-0.25, -0.2) is 0 Å². The Hall–Kier alpha value is -3.29. The molecule has 1 aliphatic rings. The molecule has 0 aliphatic carbocycles. The number of ether oxygens (including phenoxy) is 1. The van der Waals surface area contributed by atoms with Crippen molar-refractivity contribution >= 4 is 57.3 Å². The lowest BCUT2D eigenvalue weighted by atomic mass is 10.0. The Kier molecular flexibility index (Phi) is 5.97. The molecule has 2 N–H and O–H groups in total. The molecule has 0 aromatic heterocycles. The van der Waals surface area contributed by atoms with Gasteiger partial charge in [-0.05, 0) is 52.4 Å². The number of imide groups is 1. The van der Waals surface area contributed by atoms with Crippen molar-refractivity contribution in [1.82, 2.24) is 4.90 Å². The first-order valence-electron chi connectivity index (χ1n) is 9.35. The monoisotopic (exact) mass is 452 g/mol. The van der Waals surface area contributed by atoms with E-state index in [0.717, 1.165) is 28.1 Å². The molecule has 0 radical (unpaired) electrons. The first kappa shape index (κ1) is 21.0. The Balaban J connectivity index is 1.62. The van der Waals surface area contributed by atoms with Crippen LogP contribution >= 0.6 is 23.4 Å². The molecule has 1 aliphatic heterocycles. The number of rotatable bonds is 6. The lowest BCUT2D eigenvalue weighted by Crippen LogP contribution is -2.27. The number of benzene rings is 3. The first-order chi connectivity index (χ1) is 14.9. The number of halogens is 1. The standard InChI is InChI=1S/C23H17ClN2O4S/c24-17-8-9-19(30-13-21(25)27)16(10-17)11-20-22(28)26(23(29)31-20)12-15-6-3-5-14-4-1-2-7-18(14)15/h1-11H,12-13H2,(H2,25,27)/b20-11-.